The van der Waals surface area contributed by atoms with E-state index in [2.05, 4.69) is 4.74 Å². The minimum Gasteiger partial charge on any atom is -0.491 e. The van der Waals surface area contributed by atoms with Gasteiger partial charge in [-0.25, -0.2) is 22.0 Å². The first-order valence-corrected chi connectivity index (χ1v) is 13.1. The van der Waals surface area contributed by atoms with Crippen molar-refractivity contribution in [3.63, 3.8) is 0 Å². The van der Waals surface area contributed by atoms with E-state index in [0.29, 0.717) is 10.6 Å². The van der Waals surface area contributed by atoms with Gasteiger partial charge in [0.05, 0.1) is 30.3 Å². The third-order valence-electron chi connectivity index (χ3n) is 5.63. The van der Waals surface area contributed by atoms with Gasteiger partial charge in [0.15, 0.2) is 0 Å². The maximum atomic E-state index is 15.0. The molecule has 3 aromatic rings. The van der Waals surface area contributed by atoms with E-state index in [1.54, 1.807) is 24.3 Å². The van der Waals surface area contributed by atoms with Crippen molar-refractivity contribution < 1.29 is 36.3 Å². The van der Waals surface area contributed by atoms with E-state index in [0.717, 1.165) is 34.5 Å². The Morgan fingerprint density at radius 1 is 1.03 bits per heavy atom. The third kappa shape index (κ3) is 6.40. The van der Waals surface area contributed by atoms with Crippen LogP contribution < -0.4 is 9.04 Å². The number of sulfonamides is 1. The second-order valence-corrected chi connectivity index (χ2v) is 10.4. The number of para-hydroxylation sites is 1. The fraction of sp³-hybridized carbons (Fsp3) is 0.231. The molecule has 1 atom stereocenters. The van der Waals surface area contributed by atoms with Crippen LogP contribution in [0.2, 0.25) is 5.02 Å². The van der Waals surface area contributed by atoms with Gasteiger partial charge in [0, 0.05) is 23.7 Å². The summed E-state index contributed by atoms with van der Waals surface area (Å²) in [5.41, 5.74) is -0.152. The molecule has 0 radical (unpaired) electrons. The molecule has 0 N–H and O–H groups in total. The molecular formula is C26H25ClF2N2O6S. The minimum atomic E-state index is -4.42. The van der Waals surface area contributed by atoms with Crippen molar-refractivity contribution in [1.82, 2.24) is 4.90 Å². The van der Waals surface area contributed by atoms with E-state index in [-0.39, 0.29) is 23.8 Å². The quantitative estimate of drug-likeness (QED) is 0.278. The average molecular weight is 567 g/mol. The van der Waals surface area contributed by atoms with Crippen LogP contribution in [0.5, 0.6) is 5.75 Å². The molecule has 0 fully saturated rings. The summed E-state index contributed by atoms with van der Waals surface area (Å²) in [5.74, 6) is -3.42. The maximum absolute atomic E-state index is 15.0. The fourth-order valence-corrected chi connectivity index (χ4v) is 5.40. The highest BCUT2D eigenvalue weighted by Crippen LogP contribution is 2.38. The first-order valence-electron chi connectivity index (χ1n) is 11.3. The number of esters is 1. The number of carbonyl (C=O) groups excluding carboxylic acids is 2. The lowest BCUT2D eigenvalue weighted by Crippen LogP contribution is -2.37. The molecule has 12 heteroatoms. The molecule has 3 rings (SSSR count). The third-order valence-corrected chi connectivity index (χ3v) is 7.78. The van der Waals surface area contributed by atoms with Crippen LogP contribution in [-0.4, -0.2) is 52.5 Å². The molecule has 0 saturated carbocycles. The summed E-state index contributed by atoms with van der Waals surface area (Å²) in [6.45, 7) is 1.47. The Hall–Kier alpha value is -3.70. The number of hydrogen-bond donors (Lipinski definition) is 0. The zero-order valence-electron chi connectivity index (χ0n) is 20.7. The predicted molar refractivity (Wildman–Crippen MR) is 137 cm³/mol. The Bertz CT molecular complexity index is 1420. The van der Waals surface area contributed by atoms with Crippen LogP contribution in [0.4, 0.5) is 14.5 Å². The Morgan fingerprint density at radius 3 is 2.34 bits per heavy atom. The van der Waals surface area contributed by atoms with Crippen molar-refractivity contribution in [2.45, 2.75) is 17.9 Å². The van der Waals surface area contributed by atoms with Crippen molar-refractivity contribution in [3.05, 3.63) is 89.0 Å². The van der Waals surface area contributed by atoms with Gasteiger partial charge < -0.3 is 14.4 Å². The van der Waals surface area contributed by atoms with Gasteiger partial charge in [0.1, 0.15) is 24.0 Å². The highest BCUT2D eigenvalue weighted by atomic mass is 35.5. The average Bonchev–Trinajstić information content (AvgIpc) is 2.90. The van der Waals surface area contributed by atoms with Crippen LogP contribution in [0.3, 0.4) is 0 Å². The van der Waals surface area contributed by atoms with Gasteiger partial charge in [-0.05, 0) is 49.4 Å². The molecule has 1 unspecified atom stereocenters. The molecule has 38 heavy (non-hydrogen) atoms. The van der Waals surface area contributed by atoms with Gasteiger partial charge in [0.2, 0.25) is 0 Å². The number of halogens is 3. The number of ether oxygens (including phenoxy) is 2. The topological polar surface area (TPSA) is 93.2 Å². The molecule has 0 aliphatic carbocycles. The van der Waals surface area contributed by atoms with Crippen molar-refractivity contribution in [2.24, 2.45) is 0 Å². The number of amides is 1. The summed E-state index contributed by atoms with van der Waals surface area (Å²) < 4.78 is 67.7. The highest BCUT2D eigenvalue weighted by molar-refractivity contribution is 7.92. The minimum absolute atomic E-state index is 0.0158. The second kappa shape index (κ2) is 12.2. The van der Waals surface area contributed by atoms with Crippen LogP contribution in [0.1, 0.15) is 18.5 Å². The number of rotatable bonds is 9. The van der Waals surface area contributed by atoms with E-state index in [9.17, 15) is 26.8 Å². The van der Waals surface area contributed by atoms with Crippen molar-refractivity contribution >= 4 is 39.2 Å². The number of anilines is 1. The molecule has 3 aromatic carbocycles. The van der Waals surface area contributed by atoms with E-state index in [1.165, 1.54) is 38.2 Å². The maximum Gasteiger partial charge on any atom is 0.396 e. The molecule has 0 bridgehead atoms. The number of methoxy groups -OCH3 is 1. The molecule has 0 aliphatic rings. The van der Waals surface area contributed by atoms with Gasteiger partial charge in [-0.3, -0.25) is 9.10 Å². The van der Waals surface area contributed by atoms with Gasteiger partial charge in [0.25, 0.3) is 10.0 Å². The monoisotopic (exact) mass is 566 g/mol. The molecule has 1 amide bonds. The molecule has 202 valence electrons. The molecular weight excluding hydrogens is 542 g/mol. The fourth-order valence-electron chi connectivity index (χ4n) is 3.64. The van der Waals surface area contributed by atoms with Gasteiger partial charge >= 0.3 is 11.9 Å². The van der Waals surface area contributed by atoms with Gasteiger partial charge in [-0.2, -0.15) is 0 Å². The highest BCUT2D eigenvalue weighted by Gasteiger charge is 2.34. The van der Waals surface area contributed by atoms with E-state index in [1.807, 2.05) is 0 Å². The van der Waals surface area contributed by atoms with Crippen LogP contribution in [0.15, 0.2) is 71.6 Å². The second-order valence-electron chi connectivity index (χ2n) is 8.13. The SMILES string of the molecule is COC(=O)C(=O)N(C)CCOc1ccccc1C(C)N(c1cc(F)ccc1F)S(=O)(=O)c1ccc(Cl)cc1. The standard InChI is InChI=1S/C26H25ClF2N2O6S/c1-17(21-6-4-5-7-24(21)37-15-14-30(2)25(32)26(33)36-3)31(23-16-19(28)10-13-22(23)29)38(34,35)20-11-8-18(27)9-12-20/h4-13,16-17H,14-15H2,1-3H3. The Kier molecular flexibility index (Phi) is 9.29. The number of hydrogen-bond acceptors (Lipinski definition) is 6. The van der Waals surface area contributed by atoms with E-state index < -0.39 is 45.3 Å². The largest absolute Gasteiger partial charge is 0.491 e. The summed E-state index contributed by atoms with van der Waals surface area (Å²) in [5, 5.41) is 0.301. The van der Waals surface area contributed by atoms with Crippen LogP contribution >= 0.6 is 11.6 Å². The number of nitrogens with zero attached hydrogens (tertiary/aromatic N) is 2. The van der Waals surface area contributed by atoms with Crippen molar-refractivity contribution in [2.75, 3.05) is 31.6 Å². The summed E-state index contributed by atoms with van der Waals surface area (Å²) >= 11 is 5.91. The van der Waals surface area contributed by atoms with Crippen LogP contribution in [0, 0.1) is 11.6 Å². The summed E-state index contributed by atoms with van der Waals surface area (Å²) in [6.07, 6.45) is 0. The zero-order valence-corrected chi connectivity index (χ0v) is 22.3. The lowest BCUT2D eigenvalue weighted by molar-refractivity contribution is -0.157. The normalized spacial score (nSPS) is 11.9. The van der Waals surface area contributed by atoms with E-state index in [4.69, 9.17) is 16.3 Å². The molecule has 0 aromatic heterocycles. The molecule has 0 saturated heterocycles. The Morgan fingerprint density at radius 2 is 1.68 bits per heavy atom. The van der Waals surface area contributed by atoms with Crippen LogP contribution in [-0.2, 0) is 24.3 Å². The van der Waals surface area contributed by atoms with Gasteiger partial charge in [-0.1, -0.05) is 29.8 Å². The first kappa shape index (κ1) is 28.9. The summed E-state index contributed by atoms with van der Waals surface area (Å²) in [4.78, 5) is 24.3. The zero-order chi connectivity index (χ0) is 28.0. The number of likely N-dealkylation sites (N-methyl/N-ethyl adjacent to an activating group) is 1. The van der Waals surface area contributed by atoms with Gasteiger partial charge in [-0.15, -0.1) is 0 Å². The summed E-state index contributed by atoms with van der Waals surface area (Å²) in [7, 11) is -1.94. The Labute approximate surface area is 224 Å². The van der Waals surface area contributed by atoms with Crippen molar-refractivity contribution in [3.8, 4) is 5.75 Å². The lowest BCUT2D eigenvalue weighted by Gasteiger charge is -2.32. The molecule has 0 heterocycles. The van der Waals surface area contributed by atoms with Crippen molar-refractivity contribution in [1.29, 1.82) is 0 Å². The smallest absolute Gasteiger partial charge is 0.396 e. The predicted octanol–water partition coefficient (Wildman–Crippen LogP) is 4.58. The number of carbonyl (C=O) groups is 2. The summed E-state index contributed by atoms with van der Waals surface area (Å²) in [6, 6.07) is 13.2. The molecule has 0 spiro atoms. The molecule has 0 aliphatic heterocycles. The lowest BCUT2D eigenvalue weighted by atomic mass is 10.1. The molecule has 8 nitrogen and oxygen atoms in total. The Balaban J connectivity index is 2.00. The first-order chi connectivity index (χ1) is 18.0. The van der Waals surface area contributed by atoms with E-state index >= 15 is 0 Å². The number of benzene rings is 3. The van der Waals surface area contributed by atoms with Crippen LogP contribution in [0.25, 0.3) is 0 Å².